The number of benzene rings is 1. The van der Waals surface area contributed by atoms with Crippen molar-refractivity contribution in [2.24, 2.45) is 5.92 Å². The average molecular weight is 291 g/mol. The largest absolute Gasteiger partial charge is 0.483 e. The van der Waals surface area contributed by atoms with Gasteiger partial charge in [0.25, 0.3) is 5.91 Å². The molecule has 20 heavy (non-hydrogen) atoms. The molecule has 0 aliphatic heterocycles. The van der Waals surface area contributed by atoms with Crippen molar-refractivity contribution in [2.75, 3.05) is 19.8 Å². The van der Waals surface area contributed by atoms with Gasteiger partial charge in [0.2, 0.25) is 0 Å². The molecule has 7 heteroatoms. The number of carbonyl (C=O) groups excluding carboxylic acids is 1. The van der Waals surface area contributed by atoms with Crippen LogP contribution in [0.15, 0.2) is 24.3 Å². The van der Waals surface area contributed by atoms with Gasteiger partial charge in [0.05, 0.1) is 5.56 Å². The fraction of sp³-hybridized carbons (Fsp3) is 0.462. The molecule has 1 aromatic carbocycles. The summed E-state index contributed by atoms with van der Waals surface area (Å²) in [7, 11) is 0. The van der Waals surface area contributed by atoms with E-state index in [2.05, 4.69) is 5.32 Å². The van der Waals surface area contributed by atoms with E-state index in [1.807, 2.05) is 0 Å². The zero-order chi connectivity index (χ0) is 15.2. The Bertz CT molecular complexity index is 449. The first-order chi connectivity index (χ1) is 9.34. The summed E-state index contributed by atoms with van der Waals surface area (Å²) in [6.45, 7) is 1.36. The summed E-state index contributed by atoms with van der Waals surface area (Å²) in [5.41, 5.74) is -0.920. The molecule has 0 aliphatic rings. The number of nitrogens with one attached hydrogen (secondary N) is 1. The summed E-state index contributed by atoms with van der Waals surface area (Å²) in [6, 6.07) is 4.70. The fourth-order valence-electron chi connectivity index (χ4n) is 1.37. The lowest BCUT2D eigenvalue weighted by atomic mass is 10.2. The van der Waals surface area contributed by atoms with Gasteiger partial charge in [-0.05, 0) is 18.1 Å². The first-order valence-electron chi connectivity index (χ1n) is 6.01. The van der Waals surface area contributed by atoms with Crippen LogP contribution in [0.25, 0.3) is 0 Å². The highest BCUT2D eigenvalue weighted by Gasteiger charge is 2.34. The van der Waals surface area contributed by atoms with Gasteiger partial charge in [-0.15, -0.1) is 0 Å². The molecule has 0 radical (unpaired) electrons. The van der Waals surface area contributed by atoms with Crippen LogP contribution in [0.5, 0.6) is 5.75 Å². The lowest BCUT2D eigenvalue weighted by Crippen LogP contribution is -2.33. The monoisotopic (exact) mass is 291 g/mol. The Hall–Kier alpha value is -1.76. The van der Waals surface area contributed by atoms with E-state index < -0.39 is 24.3 Å². The Morgan fingerprint density at radius 2 is 2.05 bits per heavy atom. The molecule has 0 spiro atoms. The van der Waals surface area contributed by atoms with E-state index in [1.54, 1.807) is 6.92 Å². The molecule has 0 saturated heterocycles. The van der Waals surface area contributed by atoms with Gasteiger partial charge in [0, 0.05) is 13.2 Å². The van der Waals surface area contributed by atoms with Crippen molar-refractivity contribution in [2.45, 2.75) is 13.1 Å². The molecule has 1 rings (SSSR count). The smallest absolute Gasteiger partial charge is 0.419 e. The molecule has 0 fully saturated rings. The van der Waals surface area contributed by atoms with E-state index in [4.69, 9.17) is 9.84 Å². The molecular weight excluding hydrogens is 275 g/mol. The molecular formula is C13H16F3NO3. The van der Waals surface area contributed by atoms with Gasteiger partial charge in [0.15, 0.2) is 6.61 Å². The third kappa shape index (κ3) is 5.08. The van der Waals surface area contributed by atoms with Crippen LogP contribution in [0.2, 0.25) is 0 Å². The van der Waals surface area contributed by atoms with E-state index in [1.165, 1.54) is 12.1 Å². The molecule has 0 saturated carbocycles. The summed E-state index contributed by atoms with van der Waals surface area (Å²) in [5, 5.41) is 11.2. The van der Waals surface area contributed by atoms with Crippen LogP contribution in [0.3, 0.4) is 0 Å². The summed E-state index contributed by atoms with van der Waals surface area (Å²) in [4.78, 5) is 11.4. The predicted octanol–water partition coefficient (Wildman–Crippen LogP) is 1.83. The van der Waals surface area contributed by atoms with Crippen molar-refractivity contribution < 1.29 is 27.8 Å². The van der Waals surface area contributed by atoms with E-state index in [0.29, 0.717) is 0 Å². The normalized spacial score (nSPS) is 12.8. The third-order valence-corrected chi connectivity index (χ3v) is 2.51. The second-order valence-corrected chi connectivity index (χ2v) is 4.37. The van der Waals surface area contributed by atoms with Crippen LogP contribution >= 0.6 is 0 Å². The number of carbonyl (C=O) groups is 1. The van der Waals surface area contributed by atoms with Crippen LogP contribution in [0, 0.1) is 5.92 Å². The van der Waals surface area contributed by atoms with Crippen molar-refractivity contribution in [3.05, 3.63) is 29.8 Å². The molecule has 0 bridgehead atoms. The van der Waals surface area contributed by atoms with Gasteiger partial charge >= 0.3 is 6.18 Å². The van der Waals surface area contributed by atoms with Crippen molar-refractivity contribution in [3.8, 4) is 5.75 Å². The minimum Gasteiger partial charge on any atom is -0.483 e. The van der Waals surface area contributed by atoms with Crippen LogP contribution in [0.4, 0.5) is 13.2 Å². The average Bonchev–Trinajstić information content (AvgIpc) is 2.41. The van der Waals surface area contributed by atoms with Crippen LogP contribution in [-0.2, 0) is 11.0 Å². The Morgan fingerprint density at radius 3 is 2.65 bits per heavy atom. The summed E-state index contributed by atoms with van der Waals surface area (Å²) < 4.78 is 42.9. The molecule has 0 aromatic heterocycles. The van der Waals surface area contributed by atoms with Crippen molar-refractivity contribution >= 4 is 5.91 Å². The molecule has 1 aromatic rings. The third-order valence-electron chi connectivity index (χ3n) is 2.51. The molecule has 112 valence electrons. The summed E-state index contributed by atoms with van der Waals surface area (Å²) >= 11 is 0. The lowest BCUT2D eigenvalue weighted by Gasteiger charge is -2.14. The quantitative estimate of drug-likeness (QED) is 0.840. The van der Waals surface area contributed by atoms with Crippen LogP contribution in [-0.4, -0.2) is 30.8 Å². The zero-order valence-electron chi connectivity index (χ0n) is 10.9. The number of ether oxygens (including phenoxy) is 1. The topological polar surface area (TPSA) is 58.6 Å². The number of rotatable bonds is 6. The molecule has 1 unspecified atom stereocenters. The number of aliphatic hydroxyl groups excluding tert-OH is 1. The number of aliphatic hydroxyl groups is 1. The Labute approximate surface area is 114 Å². The standard InChI is InChI=1S/C13H16F3NO3/c1-9(7-18)6-17-12(19)8-20-11-5-3-2-4-10(11)13(14,15)16/h2-5,9,18H,6-8H2,1H3,(H,17,19). The van der Waals surface area contributed by atoms with Gasteiger partial charge < -0.3 is 15.2 Å². The van der Waals surface area contributed by atoms with E-state index in [0.717, 1.165) is 12.1 Å². The minimum absolute atomic E-state index is 0.0853. The van der Waals surface area contributed by atoms with Gasteiger partial charge in [-0.2, -0.15) is 13.2 Å². The number of amides is 1. The zero-order valence-corrected chi connectivity index (χ0v) is 10.9. The van der Waals surface area contributed by atoms with Crippen molar-refractivity contribution in [3.63, 3.8) is 0 Å². The maximum Gasteiger partial charge on any atom is 0.419 e. The number of para-hydroxylation sites is 1. The molecule has 1 amide bonds. The van der Waals surface area contributed by atoms with Gasteiger partial charge in [-0.1, -0.05) is 19.1 Å². The molecule has 0 aliphatic carbocycles. The van der Waals surface area contributed by atoms with Crippen molar-refractivity contribution in [1.29, 1.82) is 0 Å². The highest BCUT2D eigenvalue weighted by molar-refractivity contribution is 5.77. The van der Waals surface area contributed by atoms with E-state index in [9.17, 15) is 18.0 Å². The fourth-order valence-corrected chi connectivity index (χ4v) is 1.37. The summed E-state index contributed by atoms with van der Waals surface area (Å²) in [6.07, 6.45) is -4.53. The minimum atomic E-state index is -4.53. The number of hydrogen-bond acceptors (Lipinski definition) is 3. The Kier molecular flexibility index (Phi) is 5.82. The van der Waals surface area contributed by atoms with E-state index in [-0.39, 0.29) is 24.8 Å². The second kappa shape index (κ2) is 7.14. The first kappa shape index (κ1) is 16.3. The van der Waals surface area contributed by atoms with Crippen LogP contribution < -0.4 is 10.1 Å². The van der Waals surface area contributed by atoms with Gasteiger partial charge in [-0.3, -0.25) is 4.79 Å². The van der Waals surface area contributed by atoms with Crippen LogP contribution in [0.1, 0.15) is 12.5 Å². The highest BCUT2D eigenvalue weighted by atomic mass is 19.4. The lowest BCUT2D eigenvalue weighted by molar-refractivity contribution is -0.139. The van der Waals surface area contributed by atoms with Crippen molar-refractivity contribution in [1.82, 2.24) is 5.32 Å². The maximum absolute atomic E-state index is 12.7. The Morgan fingerprint density at radius 1 is 1.40 bits per heavy atom. The van der Waals surface area contributed by atoms with E-state index >= 15 is 0 Å². The SMILES string of the molecule is CC(CO)CNC(=O)COc1ccccc1C(F)(F)F. The highest BCUT2D eigenvalue weighted by Crippen LogP contribution is 2.35. The predicted molar refractivity (Wildman–Crippen MR) is 66.2 cm³/mol. The second-order valence-electron chi connectivity index (χ2n) is 4.37. The first-order valence-corrected chi connectivity index (χ1v) is 6.01. The molecule has 1 atom stereocenters. The molecule has 4 nitrogen and oxygen atoms in total. The van der Waals surface area contributed by atoms with Gasteiger partial charge in [0.1, 0.15) is 5.75 Å². The maximum atomic E-state index is 12.7. The molecule has 0 heterocycles. The summed E-state index contributed by atoms with van der Waals surface area (Å²) in [5.74, 6) is -1.05. The Balaban J connectivity index is 2.56. The number of hydrogen-bond donors (Lipinski definition) is 2. The van der Waals surface area contributed by atoms with Gasteiger partial charge in [-0.25, -0.2) is 0 Å². The number of alkyl halides is 3. The molecule has 2 N–H and O–H groups in total. The number of halogens is 3.